The first-order valence-electron chi connectivity index (χ1n) is 3.14. The molecule has 0 atom stereocenters. The van der Waals surface area contributed by atoms with Crippen LogP contribution >= 0.6 is 0 Å². The Morgan fingerprint density at radius 1 is 1.54 bits per heavy atom. The zero-order valence-corrected chi connectivity index (χ0v) is 11.7. The molecule has 71 valence electrons. The molecule has 0 fully saturated rings. The molecule has 0 unspecified atom stereocenters. The SMILES string of the molecule is CCOC(=O)C(O)=CS(C)(=O)=O.[K]. The van der Waals surface area contributed by atoms with Gasteiger partial charge in [-0.25, -0.2) is 13.2 Å². The van der Waals surface area contributed by atoms with Crippen LogP contribution in [0.15, 0.2) is 11.2 Å². The zero-order valence-electron chi connectivity index (χ0n) is 7.77. The molecule has 0 amide bonds. The van der Waals surface area contributed by atoms with Crippen molar-refractivity contribution >= 4 is 67.2 Å². The van der Waals surface area contributed by atoms with E-state index in [2.05, 4.69) is 4.74 Å². The fraction of sp³-hybridized carbons (Fsp3) is 0.500. The van der Waals surface area contributed by atoms with Crippen LogP contribution in [-0.4, -0.2) is 83.7 Å². The van der Waals surface area contributed by atoms with E-state index in [-0.39, 0.29) is 58.0 Å². The topological polar surface area (TPSA) is 80.7 Å². The number of carbonyl (C=O) groups excluding carboxylic acids is 1. The smallest absolute Gasteiger partial charge is 0.374 e. The molecule has 0 aromatic heterocycles. The van der Waals surface area contributed by atoms with Gasteiger partial charge in [-0.2, -0.15) is 0 Å². The van der Waals surface area contributed by atoms with E-state index in [9.17, 15) is 13.2 Å². The minimum atomic E-state index is -3.50. The van der Waals surface area contributed by atoms with Gasteiger partial charge in [0, 0.05) is 57.6 Å². The number of aliphatic hydroxyl groups excluding tert-OH is 1. The van der Waals surface area contributed by atoms with Gasteiger partial charge in [0.1, 0.15) is 0 Å². The number of hydrogen-bond acceptors (Lipinski definition) is 5. The number of carbonyl (C=O) groups is 1. The number of esters is 1. The van der Waals surface area contributed by atoms with E-state index < -0.39 is 21.6 Å². The van der Waals surface area contributed by atoms with E-state index in [4.69, 9.17) is 5.11 Å². The predicted octanol–water partition coefficient (Wildman–Crippen LogP) is -0.387. The summed E-state index contributed by atoms with van der Waals surface area (Å²) < 4.78 is 25.3. The summed E-state index contributed by atoms with van der Waals surface area (Å²) in [5, 5.41) is 9.24. The largest absolute Gasteiger partial charge is 0.501 e. The maximum atomic E-state index is 10.6. The third-order valence-electron chi connectivity index (χ3n) is 0.810. The number of aliphatic hydroxyl groups is 1. The molecule has 0 aliphatic heterocycles. The molecule has 1 N–H and O–H groups in total. The first kappa shape index (κ1) is 16.0. The summed E-state index contributed by atoms with van der Waals surface area (Å²) in [6.45, 7) is 1.63. The van der Waals surface area contributed by atoms with Crippen LogP contribution in [0.5, 0.6) is 0 Å². The number of hydrogen-bond donors (Lipinski definition) is 1. The predicted molar refractivity (Wildman–Crippen MR) is 47.9 cm³/mol. The molecule has 1 radical (unpaired) electrons. The molecular formula is C6H10KO5S. The molecule has 7 heteroatoms. The number of sulfone groups is 1. The van der Waals surface area contributed by atoms with Crippen LogP contribution in [0.1, 0.15) is 6.92 Å². The molecule has 0 bridgehead atoms. The van der Waals surface area contributed by atoms with Crippen LogP contribution in [0.3, 0.4) is 0 Å². The van der Waals surface area contributed by atoms with E-state index in [0.717, 1.165) is 6.26 Å². The summed E-state index contributed by atoms with van der Waals surface area (Å²) >= 11 is 0. The molecule has 0 heterocycles. The average molecular weight is 233 g/mol. The molecule has 0 aliphatic rings. The molecule has 0 spiro atoms. The summed E-state index contributed by atoms with van der Waals surface area (Å²) in [5.41, 5.74) is 0. The minimum Gasteiger partial charge on any atom is -0.501 e. The zero-order chi connectivity index (χ0) is 9.78. The number of ether oxygens (including phenoxy) is 1. The minimum absolute atomic E-state index is 0. The molecule has 0 saturated heterocycles. The van der Waals surface area contributed by atoms with Crippen LogP contribution in [-0.2, 0) is 19.4 Å². The number of rotatable bonds is 3. The van der Waals surface area contributed by atoms with Gasteiger partial charge in [0.05, 0.1) is 12.0 Å². The van der Waals surface area contributed by atoms with Gasteiger partial charge in [0.25, 0.3) is 0 Å². The molecular weight excluding hydrogens is 223 g/mol. The summed E-state index contributed by atoms with van der Waals surface area (Å²) in [6.07, 6.45) is 0.864. The summed E-state index contributed by atoms with van der Waals surface area (Å²) in [4.78, 5) is 10.6. The Balaban J connectivity index is 0. The molecule has 13 heavy (non-hydrogen) atoms. The molecule has 0 aromatic carbocycles. The normalized spacial score (nSPS) is 11.7. The van der Waals surface area contributed by atoms with Crippen molar-refractivity contribution in [2.45, 2.75) is 6.92 Å². The van der Waals surface area contributed by atoms with Crippen LogP contribution < -0.4 is 0 Å². The monoisotopic (exact) mass is 233 g/mol. The van der Waals surface area contributed by atoms with Gasteiger partial charge in [0.2, 0.25) is 5.76 Å². The fourth-order valence-electron chi connectivity index (χ4n) is 0.456. The van der Waals surface area contributed by atoms with Crippen molar-refractivity contribution < 1.29 is 23.1 Å². The third-order valence-corrected chi connectivity index (χ3v) is 1.46. The van der Waals surface area contributed by atoms with Crippen molar-refractivity contribution in [3.05, 3.63) is 11.2 Å². The van der Waals surface area contributed by atoms with Crippen molar-refractivity contribution in [3.63, 3.8) is 0 Å². The Hall–Kier alpha value is 0.596. The Morgan fingerprint density at radius 3 is 2.31 bits per heavy atom. The van der Waals surface area contributed by atoms with Gasteiger partial charge in [-0.15, -0.1) is 0 Å². The fourth-order valence-corrected chi connectivity index (χ4v) is 0.958. The van der Waals surface area contributed by atoms with Crippen molar-refractivity contribution in [1.29, 1.82) is 0 Å². The molecule has 0 aliphatic carbocycles. The van der Waals surface area contributed by atoms with Gasteiger partial charge in [-0.3, -0.25) is 0 Å². The molecule has 0 aromatic rings. The van der Waals surface area contributed by atoms with Gasteiger partial charge in [-0.1, -0.05) is 0 Å². The first-order valence-corrected chi connectivity index (χ1v) is 5.10. The maximum Gasteiger partial charge on any atom is 0.374 e. The first-order chi connectivity index (χ1) is 5.37. The Labute approximate surface area is 119 Å². The average Bonchev–Trinajstić information content (AvgIpc) is 1.84. The second-order valence-corrected chi connectivity index (χ2v) is 3.95. The molecule has 0 rings (SSSR count). The maximum absolute atomic E-state index is 10.6. The summed E-state index contributed by atoms with van der Waals surface area (Å²) in [7, 11) is -3.50. The van der Waals surface area contributed by atoms with Crippen LogP contribution in [0.4, 0.5) is 0 Å². The van der Waals surface area contributed by atoms with Crippen molar-refractivity contribution in [3.8, 4) is 0 Å². The second-order valence-electron chi connectivity index (χ2n) is 2.05. The van der Waals surface area contributed by atoms with Crippen molar-refractivity contribution in [2.24, 2.45) is 0 Å². The molecule has 5 nitrogen and oxygen atoms in total. The van der Waals surface area contributed by atoms with Crippen LogP contribution in [0.2, 0.25) is 0 Å². The van der Waals surface area contributed by atoms with Crippen molar-refractivity contribution in [1.82, 2.24) is 0 Å². The van der Waals surface area contributed by atoms with E-state index in [1.165, 1.54) is 0 Å². The standard InChI is InChI=1S/C6H10O5S.K/c1-3-11-6(8)5(7)4-12(2,9)10;/h4,7H,3H2,1-2H3;. The van der Waals surface area contributed by atoms with Gasteiger partial charge in [-0.05, 0) is 6.92 Å². The Kier molecular flexibility index (Phi) is 8.59. The summed E-state index contributed by atoms with van der Waals surface area (Å²) in [6, 6.07) is 0. The summed E-state index contributed by atoms with van der Waals surface area (Å²) in [5.74, 6) is -1.94. The molecule has 0 saturated carbocycles. The van der Waals surface area contributed by atoms with Crippen LogP contribution in [0.25, 0.3) is 0 Å². The third kappa shape index (κ3) is 8.91. The van der Waals surface area contributed by atoms with E-state index in [0.29, 0.717) is 5.41 Å². The Morgan fingerprint density at radius 2 is 2.00 bits per heavy atom. The van der Waals surface area contributed by atoms with Gasteiger partial charge in [0.15, 0.2) is 9.84 Å². The quantitative estimate of drug-likeness (QED) is 0.311. The van der Waals surface area contributed by atoms with Crippen LogP contribution in [0, 0.1) is 0 Å². The Bertz CT molecular complexity index is 292. The van der Waals surface area contributed by atoms with Gasteiger partial charge >= 0.3 is 5.97 Å². The van der Waals surface area contributed by atoms with E-state index in [1.807, 2.05) is 0 Å². The second kappa shape index (κ2) is 6.96. The van der Waals surface area contributed by atoms with E-state index >= 15 is 0 Å². The van der Waals surface area contributed by atoms with Gasteiger partial charge < -0.3 is 9.84 Å². The van der Waals surface area contributed by atoms with Crippen molar-refractivity contribution in [2.75, 3.05) is 12.9 Å². The van der Waals surface area contributed by atoms with E-state index in [1.54, 1.807) is 6.92 Å².